The highest BCUT2D eigenvalue weighted by molar-refractivity contribution is 6.29. The van der Waals surface area contributed by atoms with Crippen LogP contribution in [0.3, 0.4) is 0 Å². The first-order chi connectivity index (χ1) is 12.1. The number of hydrogen-bond acceptors (Lipinski definition) is 5. The molecular formula is C18H27ClN4O3. The number of ether oxygens (including phenoxy) is 1. The molecule has 0 bridgehead atoms. The minimum atomic E-state index is -0.525. The quantitative estimate of drug-likeness (QED) is 0.736. The Hall–Kier alpha value is -2.02. The summed E-state index contributed by atoms with van der Waals surface area (Å²) in [7, 11) is 3.40. The average Bonchev–Trinajstić information content (AvgIpc) is 2.78. The number of hydrogen-bond donors (Lipinski definition) is 0. The van der Waals surface area contributed by atoms with E-state index in [1.54, 1.807) is 31.1 Å². The van der Waals surface area contributed by atoms with Crippen molar-refractivity contribution in [3.05, 3.63) is 22.8 Å². The third-order valence-electron chi connectivity index (χ3n) is 3.92. The van der Waals surface area contributed by atoms with E-state index in [-0.39, 0.29) is 12.0 Å². The number of nitrogens with zero attached hydrogens (tertiary/aromatic N) is 4. The maximum atomic E-state index is 12.5. The van der Waals surface area contributed by atoms with Gasteiger partial charge in [0, 0.05) is 40.3 Å². The largest absolute Gasteiger partial charge is 0.444 e. The Morgan fingerprint density at radius 1 is 1.15 bits per heavy atom. The summed E-state index contributed by atoms with van der Waals surface area (Å²) >= 11 is 6.07. The third-order valence-corrected chi connectivity index (χ3v) is 4.14. The molecule has 0 N–H and O–H groups in total. The predicted molar refractivity (Wildman–Crippen MR) is 102 cm³/mol. The second kappa shape index (κ2) is 8.12. The second-order valence-electron chi connectivity index (χ2n) is 7.51. The molecular weight excluding hydrogens is 356 g/mol. The highest BCUT2D eigenvalue weighted by Gasteiger charge is 2.27. The number of amides is 2. The SMILES string of the molecule is CN(C)C(=O)c1ccc(Cl)nc1N1CCCN(C(=O)OC(C)(C)C)CC1. The molecule has 0 atom stereocenters. The zero-order chi connectivity index (χ0) is 19.5. The van der Waals surface area contributed by atoms with E-state index in [2.05, 4.69) is 4.98 Å². The summed E-state index contributed by atoms with van der Waals surface area (Å²) in [5.41, 5.74) is -0.0202. The molecule has 8 heteroatoms. The Morgan fingerprint density at radius 3 is 2.46 bits per heavy atom. The Labute approximate surface area is 159 Å². The van der Waals surface area contributed by atoms with Crippen molar-refractivity contribution in [3.63, 3.8) is 0 Å². The lowest BCUT2D eigenvalue weighted by atomic mass is 10.2. The molecule has 0 radical (unpaired) electrons. The molecule has 1 saturated heterocycles. The van der Waals surface area contributed by atoms with E-state index in [9.17, 15) is 9.59 Å². The first-order valence-corrected chi connectivity index (χ1v) is 9.07. The summed E-state index contributed by atoms with van der Waals surface area (Å²) in [5, 5.41) is 0.337. The number of carbonyl (C=O) groups excluding carboxylic acids is 2. The Kier molecular flexibility index (Phi) is 6.34. The first-order valence-electron chi connectivity index (χ1n) is 8.69. The molecule has 1 aliphatic rings. The topological polar surface area (TPSA) is 66.0 Å². The van der Waals surface area contributed by atoms with Gasteiger partial charge < -0.3 is 19.4 Å². The normalized spacial score (nSPS) is 15.5. The number of anilines is 1. The fourth-order valence-corrected chi connectivity index (χ4v) is 2.86. The van der Waals surface area contributed by atoms with Gasteiger partial charge in [0.2, 0.25) is 0 Å². The van der Waals surface area contributed by atoms with Crippen molar-refractivity contribution in [2.45, 2.75) is 32.8 Å². The molecule has 26 heavy (non-hydrogen) atoms. The second-order valence-corrected chi connectivity index (χ2v) is 7.90. The van der Waals surface area contributed by atoms with Crippen molar-refractivity contribution in [2.75, 3.05) is 45.2 Å². The van der Waals surface area contributed by atoms with Gasteiger partial charge in [0.05, 0.1) is 5.56 Å². The zero-order valence-corrected chi connectivity index (χ0v) is 16.8. The van der Waals surface area contributed by atoms with Gasteiger partial charge in [0.15, 0.2) is 0 Å². The monoisotopic (exact) mass is 382 g/mol. The summed E-state index contributed by atoms with van der Waals surface area (Å²) in [5.74, 6) is 0.430. The van der Waals surface area contributed by atoms with Crippen LogP contribution in [0.25, 0.3) is 0 Å². The van der Waals surface area contributed by atoms with Crippen molar-refractivity contribution in [1.82, 2.24) is 14.8 Å². The summed E-state index contributed by atoms with van der Waals surface area (Å²) in [6.07, 6.45) is 0.436. The van der Waals surface area contributed by atoms with Crippen LogP contribution < -0.4 is 4.90 Å². The van der Waals surface area contributed by atoms with Crippen LogP contribution >= 0.6 is 11.6 Å². The lowest BCUT2D eigenvalue weighted by molar-refractivity contribution is 0.0263. The minimum Gasteiger partial charge on any atom is -0.444 e. The lowest BCUT2D eigenvalue weighted by Crippen LogP contribution is -2.39. The molecule has 1 aliphatic heterocycles. The molecule has 2 rings (SSSR count). The van der Waals surface area contributed by atoms with Crippen LogP contribution in [0, 0.1) is 0 Å². The van der Waals surface area contributed by atoms with Gasteiger partial charge in [-0.3, -0.25) is 4.79 Å². The number of carbonyl (C=O) groups is 2. The van der Waals surface area contributed by atoms with Gasteiger partial charge in [-0.1, -0.05) is 11.6 Å². The molecule has 2 heterocycles. The maximum absolute atomic E-state index is 12.5. The fraction of sp³-hybridized carbons (Fsp3) is 0.611. The predicted octanol–water partition coefficient (Wildman–Crippen LogP) is 2.88. The number of pyridine rings is 1. The Morgan fingerprint density at radius 2 is 1.85 bits per heavy atom. The van der Waals surface area contributed by atoms with Crippen molar-refractivity contribution < 1.29 is 14.3 Å². The van der Waals surface area contributed by atoms with Crippen LogP contribution in [0.2, 0.25) is 5.15 Å². The average molecular weight is 383 g/mol. The smallest absolute Gasteiger partial charge is 0.410 e. The van der Waals surface area contributed by atoms with Gasteiger partial charge in [-0.15, -0.1) is 0 Å². The number of aromatic nitrogens is 1. The van der Waals surface area contributed by atoms with Crippen molar-refractivity contribution in [1.29, 1.82) is 0 Å². The number of rotatable bonds is 2. The van der Waals surface area contributed by atoms with E-state index >= 15 is 0 Å². The standard InChI is InChI=1S/C18H27ClN4O3/c1-18(2,3)26-17(25)23-10-6-9-22(11-12-23)15-13(16(24)21(4)5)7-8-14(19)20-15/h7-8H,6,9-12H2,1-5H3. The van der Waals surface area contributed by atoms with Crippen molar-refractivity contribution >= 4 is 29.4 Å². The Balaban J connectivity index is 2.18. The van der Waals surface area contributed by atoms with E-state index in [4.69, 9.17) is 16.3 Å². The van der Waals surface area contributed by atoms with Crippen molar-refractivity contribution in [2.24, 2.45) is 0 Å². The van der Waals surface area contributed by atoms with Crippen LogP contribution in [0.4, 0.5) is 10.6 Å². The van der Waals surface area contributed by atoms with Gasteiger partial charge in [-0.05, 0) is 39.3 Å². The van der Waals surface area contributed by atoms with Crippen LogP contribution in [0.15, 0.2) is 12.1 Å². The van der Waals surface area contributed by atoms with Gasteiger partial charge >= 0.3 is 6.09 Å². The summed E-state index contributed by atoms with van der Waals surface area (Å²) < 4.78 is 5.46. The molecule has 0 aromatic carbocycles. The molecule has 1 aromatic heterocycles. The lowest BCUT2D eigenvalue weighted by Gasteiger charge is -2.27. The van der Waals surface area contributed by atoms with Crippen LogP contribution in [0.1, 0.15) is 37.6 Å². The van der Waals surface area contributed by atoms with Gasteiger partial charge in [-0.25, -0.2) is 9.78 Å². The molecule has 144 valence electrons. The first kappa shape index (κ1) is 20.3. The highest BCUT2D eigenvalue weighted by atomic mass is 35.5. The molecule has 0 saturated carbocycles. The molecule has 0 spiro atoms. The van der Waals surface area contributed by atoms with E-state index in [1.807, 2.05) is 25.7 Å². The summed E-state index contributed by atoms with van der Waals surface area (Å²) in [6, 6.07) is 3.32. The van der Waals surface area contributed by atoms with Crippen LogP contribution in [-0.2, 0) is 4.74 Å². The van der Waals surface area contributed by atoms with E-state index in [1.165, 1.54) is 4.90 Å². The van der Waals surface area contributed by atoms with E-state index < -0.39 is 5.60 Å². The Bertz CT molecular complexity index is 673. The highest BCUT2D eigenvalue weighted by Crippen LogP contribution is 2.24. The van der Waals surface area contributed by atoms with Crippen LogP contribution in [-0.4, -0.2) is 72.7 Å². The van der Waals surface area contributed by atoms with Crippen molar-refractivity contribution in [3.8, 4) is 0 Å². The third kappa shape index (κ3) is 5.24. The van der Waals surface area contributed by atoms with Gasteiger partial charge in [-0.2, -0.15) is 0 Å². The summed E-state index contributed by atoms with van der Waals surface area (Å²) in [6.45, 7) is 7.89. The summed E-state index contributed by atoms with van der Waals surface area (Å²) in [4.78, 5) is 34.4. The van der Waals surface area contributed by atoms with Gasteiger partial charge in [0.1, 0.15) is 16.6 Å². The fourth-order valence-electron chi connectivity index (χ4n) is 2.71. The molecule has 0 aliphatic carbocycles. The van der Waals surface area contributed by atoms with E-state index in [0.717, 1.165) is 6.42 Å². The molecule has 0 unspecified atom stereocenters. The zero-order valence-electron chi connectivity index (χ0n) is 16.1. The maximum Gasteiger partial charge on any atom is 0.410 e. The van der Waals surface area contributed by atoms with E-state index in [0.29, 0.717) is 42.7 Å². The molecule has 2 amide bonds. The molecule has 7 nitrogen and oxygen atoms in total. The molecule has 1 fully saturated rings. The minimum absolute atomic E-state index is 0.127. The molecule has 1 aromatic rings. The van der Waals surface area contributed by atoms with Crippen LogP contribution in [0.5, 0.6) is 0 Å². The number of halogens is 1. The van der Waals surface area contributed by atoms with Gasteiger partial charge in [0.25, 0.3) is 5.91 Å².